The summed E-state index contributed by atoms with van der Waals surface area (Å²) in [5.41, 5.74) is 5.64. The molecule has 1 aromatic carbocycles. The molecule has 96 valence electrons. The molecule has 2 N–H and O–H groups in total. The van der Waals surface area contributed by atoms with Gasteiger partial charge >= 0.3 is 0 Å². The standard InChI is InChI=1S/C13H19F2NO/c1-4-13(2,3)17-8-12(16)10-7-9(14)5-6-11(10)15/h5-7,12H,4,8,16H2,1-3H3. The van der Waals surface area contributed by atoms with E-state index in [-0.39, 0.29) is 17.8 Å². The van der Waals surface area contributed by atoms with Crippen molar-refractivity contribution in [2.45, 2.75) is 38.8 Å². The molecule has 0 aromatic heterocycles. The minimum Gasteiger partial charge on any atom is -0.374 e. The van der Waals surface area contributed by atoms with Gasteiger partial charge in [0.15, 0.2) is 0 Å². The summed E-state index contributed by atoms with van der Waals surface area (Å²) in [5.74, 6) is -0.997. The Balaban J connectivity index is 2.70. The van der Waals surface area contributed by atoms with Crippen LogP contribution in [0.5, 0.6) is 0 Å². The van der Waals surface area contributed by atoms with E-state index < -0.39 is 17.7 Å². The van der Waals surface area contributed by atoms with Crippen LogP contribution < -0.4 is 5.73 Å². The average molecular weight is 243 g/mol. The molecule has 0 radical (unpaired) electrons. The van der Waals surface area contributed by atoms with E-state index in [2.05, 4.69) is 0 Å². The third-order valence-corrected chi connectivity index (χ3v) is 2.86. The molecule has 0 spiro atoms. The van der Waals surface area contributed by atoms with E-state index in [1.165, 1.54) is 0 Å². The van der Waals surface area contributed by atoms with Crippen LogP contribution in [0.25, 0.3) is 0 Å². The van der Waals surface area contributed by atoms with Crippen LogP contribution in [0.3, 0.4) is 0 Å². The van der Waals surface area contributed by atoms with Crippen LogP contribution in [-0.2, 0) is 4.74 Å². The monoisotopic (exact) mass is 243 g/mol. The summed E-state index contributed by atoms with van der Waals surface area (Å²) in [4.78, 5) is 0. The van der Waals surface area contributed by atoms with Gasteiger partial charge < -0.3 is 10.5 Å². The second-order valence-corrected chi connectivity index (χ2v) is 4.70. The summed E-state index contributed by atoms with van der Waals surface area (Å²) < 4.78 is 32.0. The molecule has 1 atom stereocenters. The lowest BCUT2D eigenvalue weighted by Crippen LogP contribution is -2.29. The van der Waals surface area contributed by atoms with Crippen LogP contribution in [0.4, 0.5) is 8.78 Å². The van der Waals surface area contributed by atoms with Crippen LogP contribution in [0.1, 0.15) is 38.8 Å². The summed E-state index contributed by atoms with van der Waals surface area (Å²) in [6.45, 7) is 6.03. The summed E-state index contributed by atoms with van der Waals surface area (Å²) >= 11 is 0. The fourth-order valence-electron chi connectivity index (χ4n) is 1.31. The number of rotatable bonds is 5. The molecular formula is C13H19F2NO. The molecule has 0 aliphatic carbocycles. The lowest BCUT2D eigenvalue weighted by Gasteiger charge is -2.25. The zero-order valence-electron chi connectivity index (χ0n) is 10.5. The molecule has 0 bridgehead atoms. The van der Waals surface area contributed by atoms with Gasteiger partial charge in [0.25, 0.3) is 0 Å². The van der Waals surface area contributed by atoms with Crippen LogP contribution >= 0.6 is 0 Å². The normalized spacial score (nSPS) is 13.8. The smallest absolute Gasteiger partial charge is 0.128 e. The van der Waals surface area contributed by atoms with E-state index in [9.17, 15) is 8.78 Å². The topological polar surface area (TPSA) is 35.2 Å². The Morgan fingerprint density at radius 1 is 1.35 bits per heavy atom. The number of nitrogens with two attached hydrogens (primary N) is 1. The Morgan fingerprint density at radius 2 is 2.00 bits per heavy atom. The van der Waals surface area contributed by atoms with Gasteiger partial charge in [0.2, 0.25) is 0 Å². The summed E-state index contributed by atoms with van der Waals surface area (Å²) in [6.07, 6.45) is 0.825. The van der Waals surface area contributed by atoms with E-state index in [0.717, 1.165) is 24.6 Å². The van der Waals surface area contributed by atoms with E-state index in [1.807, 2.05) is 20.8 Å². The third kappa shape index (κ3) is 4.06. The Kier molecular flexibility index (Phi) is 4.60. The fraction of sp³-hybridized carbons (Fsp3) is 0.538. The lowest BCUT2D eigenvalue weighted by molar-refractivity contribution is -0.0270. The minimum atomic E-state index is -0.656. The predicted octanol–water partition coefficient (Wildman–Crippen LogP) is 3.17. The largest absolute Gasteiger partial charge is 0.374 e. The van der Waals surface area contributed by atoms with Crippen molar-refractivity contribution in [1.29, 1.82) is 0 Å². The molecule has 1 rings (SSSR count). The molecule has 0 aliphatic heterocycles. The molecule has 0 saturated heterocycles. The molecule has 2 nitrogen and oxygen atoms in total. The van der Waals surface area contributed by atoms with Gasteiger partial charge in [-0.25, -0.2) is 8.78 Å². The van der Waals surface area contributed by atoms with Crippen LogP contribution in [0, 0.1) is 11.6 Å². The van der Waals surface area contributed by atoms with Gasteiger partial charge in [-0.15, -0.1) is 0 Å². The van der Waals surface area contributed by atoms with Crippen molar-refractivity contribution in [1.82, 2.24) is 0 Å². The second-order valence-electron chi connectivity index (χ2n) is 4.70. The molecule has 0 amide bonds. The van der Waals surface area contributed by atoms with Crippen molar-refractivity contribution in [2.24, 2.45) is 5.73 Å². The SMILES string of the molecule is CCC(C)(C)OCC(N)c1cc(F)ccc1F. The molecule has 0 saturated carbocycles. The molecule has 17 heavy (non-hydrogen) atoms. The summed E-state index contributed by atoms with van der Waals surface area (Å²) in [6, 6.07) is 2.61. The Hall–Kier alpha value is -1.00. The first kappa shape index (κ1) is 14.1. The maximum absolute atomic E-state index is 13.4. The van der Waals surface area contributed by atoms with Gasteiger partial charge in [-0.3, -0.25) is 0 Å². The lowest BCUT2D eigenvalue weighted by atomic mass is 10.1. The van der Waals surface area contributed by atoms with E-state index >= 15 is 0 Å². The van der Waals surface area contributed by atoms with Crippen molar-refractivity contribution in [3.05, 3.63) is 35.4 Å². The van der Waals surface area contributed by atoms with E-state index in [4.69, 9.17) is 10.5 Å². The number of ether oxygens (including phenoxy) is 1. The maximum Gasteiger partial charge on any atom is 0.128 e. The summed E-state index contributed by atoms with van der Waals surface area (Å²) in [5, 5.41) is 0. The van der Waals surface area contributed by atoms with Crippen LogP contribution in [0.2, 0.25) is 0 Å². The average Bonchev–Trinajstić information content (AvgIpc) is 2.29. The Bertz CT molecular complexity index is 380. The quantitative estimate of drug-likeness (QED) is 0.862. The number of hydrogen-bond acceptors (Lipinski definition) is 2. The van der Waals surface area contributed by atoms with Gasteiger partial charge in [-0.2, -0.15) is 0 Å². The van der Waals surface area contributed by atoms with Crippen LogP contribution in [-0.4, -0.2) is 12.2 Å². The van der Waals surface area contributed by atoms with Gasteiger partial charge in [0.05, 0.1) is 18.2 Å². The highest BCUT2D eigenvalue weighted by Gasteiger charge is 2.19. The minimum absolute atomic E-state index is 0.150. The molecule has 1 aromatic rings. The number of halogens is 2. The predicted molar refractivity (Wildman–Crippen MR) is 63.6 cm³/mol. The third-order valence-electron chi connectivity index (χ3n) is 2.86. The van der Waals surface area contributed by atoms with Crippen molar-refractivity contribution in [3.8, 4) is 0 Å². The molecule has 4 heteroatoms. The Labute approximate surface area is 101 Å². The fourth-order valence-corrected chi connectivity index (χ4v) is 1.31. The first-order chi connectivity index (χ1) is 7.85. The van der Waals surface area contributed by atoms with Gasteiger partial charge in [0.1, 0.15) is 11.6 Å². The maximum atomic E-state index is 13.4. The Morgan fingerprint density at radius 3 is 2.59 bits per heavy atom. The molecule has 1 unspecified atom stereocenters. The van der Waals surface area contributed by atoms with Gasteiger partial charge in [-0.05, 0) is 38.5 Å². The second kappa shape index (κ2) is 5.56. The van der Waals surface area contributed by atoms with E-state index in [1.54, 1.807) is 0 Å². The first-order valence-electron chi connectivity index (χ1n) is 5.70. The van der Waals surface area contributed by atoms with E-state index in [0.29, 0.717) is 0 Å². The molecular weight excluding hydrogens is 224 g/mol. The van der Waals surface area contributed by atoms with Crippen molar-refractivity contribution in [3.63, 3.8) is 0 Å². The number of hydrogen-bond donors (Lipinski definition) is 1. The molecule has 0 fully saturated rings. The van der Waals surface area contributed by atoms with Gasteiger partial charge in [0, 0.05) is 5.56 Å². The highest BCUT2D eigenvalue weighted by molar-refractivity contribution is 5.22. The van der Waals surface area contributed by atoms with Gasteiger partial charge in [-0.1, -0.05) is 6.92 Å². The zero-order chi connectivity index (χ0) is 13.1. The zero-order valence-corrected chi connectivity index (χ0v) is 10.5. The first-order valence-corrected chi connectivity index (χ1v) is 5.70. The number of benzene rings is 1. The molecule has 0 aliphatic rings. The van der Waals surface area contributed by atoms with Crippen molar-refractivity contribution in [2.75, 3.05) is 6.61 Å². The molecule has 0 heterocycles. The highest BCUT2D eigenvalue weighted by atomic mass is 19.1. The summed E-state index contributed by atoms with van der Waals surface area (Å²) in [7, 11) is 0. The van der Waals surface area contributed by atoms with Crippen LogP contribution in [0.15, 0.2) is 18.2 Å². The highest BCUT2D eigenvalue weighted by Crippen LogP contribution is 2.20. The van der Waals surface area contributed by atoms with Crippen molar-refractivity contribution >= 4 is 0 Å². The van der Waals surface area contributed by atoms with Crippen molar-refractivity contribution < 1.29 is 13.5 Å².